The van der Waals surface area contributed by atoms with Crippen LogP contribution in [-0.4, -0.2) is 25.2 Å². The van der Waals surface area contributed by atoms with Crippen molar-refractivity contribution in [2.45, 2.75) is 39.5 Å². The Morgan fingerprint density at radius 1 is 1.29 bits per heavy atom. The topological polar surface area (TPSA) is 100 Å². The molecule has 1 rings (SSSR count). The molecule has 0 saturated heterocycles. The van der Waals surface area contributed by atoms with Crippen molar-refractivity contribution in [2.24, 2.45) is 11.3 Å². The Labute approximate surface area is 142 Å². The zero-order valence-corrected chi connectivity index (χ0v) is 13.9. The molecule has 0 aromatic carbocycles. The summed E-state index contributed by atoms with van der Waals surface area (Å²) in [4.78, 5) is 22.4. The smallest absolute Gasteiger partial charge is 0.309 e. The molecule has 24 heavy (non-hydrogen) atoms. The molecule has 1 unspecified atom stereocenters. The van der Waals surface area contributed by atoms with Gasteiger partial charge in [0, 0.05) is 13.3 Å². The first kappa shape index (κ1) is 19.3. The molecule has 0 bridgehead atoms. The molecule has 0 fully saturated rings. The van der Waals surface area contributed by atoms with Crippen LogP contribution in [-0.2, 0) is 19.1 Å². The molecule has 0 radical (unpaired) electrons. The Balaban J connectivity index is 2.78. The Hall–Kier alpha value is -2.78. The molecule has 0 aliphatic heterocycles. The van der Waals surface area contributed by atoms with Crippen LogP contribution in [0.5, 0.6) is 0 Å². The molecule has 0 aromatic rings. The minimum Gasteiger partial charge on any atom is -0.466 e. The predicted molar refractivity (Wildman–Crippen MR) is 84.7 cm³/mol. The molecule has 0 spiro atoms. The lowest BCUT2D eigenvalue weighted by molar-refractivity contribution is -0.148. The predicted octanol–water partition coefficient (Wildman–Crippen LogP) is 2.27. The fourth-order valence-electron chi connectivity index (χ4n) is 2.44. The van der Waals surface area contributed by atoms with Gasteiger partial charge < -0.3 is 9.47 Å². The van der Waals surface area contributed by atoms with Crippen LogP contribution in [0.3, 0.4) is 0 Å². The van der Waals surface area contributed by atoms with Crippen molar-refractivity contribution in [2.75, 3.05) is 13.2 Å². The number of nitriles is 2. The van der Waals surface area contributed by atoms with E-state index in [0.29, 0.717) is 31.4 Å². The summed E-state index contributed by atoms with van der Waals surface area (Å²) in [5.41, 5.74) is -0.641. The SMILES string of the molecule is CCOC(=O)C1CC=C(C(C#N)(C#N)CC#CCOC(C)=O)CC1. The maximum Gasteiger partial charge on any atom is 0.309 e. The summed E-state index contributed by atoms with van der Waals surface area (Å²) in [5, 5.41) is 18.9. The van der Waals surface area contributed by atoms with Gasteiger partial charge in [-0.3, -0.25) is 9.59 Å². The van der Waals surface area contributed by atoms with E-state index in [2.05, 4.69) is 16.6 Å². The van der Waals surface area contributed by atoms with Crippen LogP contribution in [0.2, 0.25) is 0 Å². The lowest BCUT2D eigenvalue weighted by Crippen LogP contribution is -2.25. The number of esters is 2. The van der Waals surface area contributed by atoms with Gasteiger partial charge in [-0.25, -0.2) is 0 Å². The van der Waals surface area contributed by atoms with E-state index in [0.717, 1.165) is 0 Å². The molecule has 0 N–H and O–H groups in total. The van der Waals surface area contributed by atoms with Gasteiger partial charge in [0.05, 0.1) is 24.7 Å². The molecule has 6 heteroatoms. The van der Waals surface area contributed by atoms with Gasteiger partial charge in [0.2, 0.25) is 0 Å². The van der Waals surface area contributed by atoms with E-state index in [1.807, 2.05) is 12.1 Å². The third-order valence-electron chi connectivity index (χ3n) is 3.79. The number of carbonyl (C=O) groups is 2. The van der Waals surface area contributed by atoms with E-state index in [1.54, 1.807) is 13.0 Å². The van der Waals surface area contributed by atoms with Gasteiger partial charge in [-0.15, -0.1) is 0 Å². The van der Waals surface area contributed by atoms with E-state index >= 15 is 0 Å². The quantitative estimate of drug-likeness (QED) is 0.436. The van der Waals surface area contributed by atoms with E-state index in [1.165, 1.54) is 6.92 Å². The van der Waals surface area contributed by atoms with Gasteiger partial charge in [0.1, 0.15) is 0 Å². The molecule has 0 saturated carbocycles. The number of carbonyl (C=O) groups excluding carboxylic acids is 2. The second-order valence-corrected chi connectivity index (χ2v) is 5.39. The number of ether oxygens (including phenoxy) is 2. The van der Waals surface area contributed by atoms with Crippen molar-refractivity contribution in [3.05, 3.63) is 11.6 Å². The molecule has 0 aromatic heterocycles. The molecular formula is C18H20N2O4. The van der Waals surface area contributed by atoms with Crippen molar-refractivity contribution < 1.29 is 19.1 Å². The van der Waals surface area contributed by atoms with Crippen molar-refractivity contribution in [1.29, 1.82) is 10.5 Å². The van der Waals surface area contributed by atoms with Crippen LogP contribution in [0.15, 0.2) is 11.6 Å². The van der Waals surface area contributed by atoms with E-state index in [-0.39, 0.29) is 24.9 Å². The van der Waals surface area contributed by atoms with Crippen LogP contribution in [0.1, 0.15) is 39.5 Å². The average Bonchev–Trinajstić information content (AvgIpc) is 2.59. The molecular weight excluding hydrogens is 308 g/mol. The maximum absolute atomic E-state index is 11.7. The molecule has 1 aliphatic carbocycles. The van der Waals surface area contributed by atoms with Crippen molar-refractivity contribution in [3.8, 4) is 24.0 Å². The zero-order chi connectivity index (χ0) is 18.0. The summed E-state index contributed by atoms with van der Waals surface area (Å²) in [6.45, 7) is 3.31. The van der Waals surface area contributed by atoms with Crippen LogP contribution in [0.25, 0.3) is 0 Å². The lowest BCUT2D eigenvalue weighted by Gasteiger charge is -2.26. The lowest BCUT2D eigenvalue weighted by atomic mass is 9.73. The molecule has 126 valence electrons. The minimum atomic E-state index is -1.33. The molecule has 0 heterocycles. The fraction of sp³-hybridized carbons (Fsp3) is 0.556. The largest absolute Gasteiger partial charge is 0.466 e. The number of allylic oxidation sites excluding steroid dienone is 2. The van der Waals surface area contributed by atoms with Crippen LogP contribution in [0.4, 0.5) is 0 Å². The highest BCUT2D eigenvalue weighted by Crippen LogP contribution is 2.38. The average molecular weight is 328 g/mol. The van der Waals surface area contributed by atoms with E-state index in [4.69, 9.17) is 4.74 Å². The van der Waals surface area contributed by atoms with Crippen molar-refractivity contribution in [3.63, 3.8) is 0 Å². The van der Waals surface area contributed by atoms with Gasteiger partial charge >= 0.3 is 11.9 Å². The summed E-state index contributed by atoms with van der Waals surface area (Å²) in [6, 6.07) is 4.10. The molecule has 1 atom stereocenters. The van der Waals surface area contributed by atoms with Gasteiger partial charge in [-0.2, -0.15) is 10.5 Å². The van der Waals surface area contributed by atoms with Gasteiger partial charge in [-0.1, -0.05) is 17.9 Å². The van der Waals surface area contributed by atoms with Gasteiger partial charge in [-0.05, 0) is 31.8 Å². The van der Waals surface area contributed by atoms with Crippen molar-refractivity contribution in [1.82, 2.24) is 0 Å². The summed E-state index contributed by atoms with van der Waals surface area (Å²) in [7, 11) is 0. The first-order chi connectivity index (χ1) is 11.5. The van der Waals surface area contributed by atoms with E-state index in [9.17, 15) is 20.1 Å². The second-order valence-electron chi connectivity index (χ2n) is 5.39. The highest BCUT2D eigenvalue weighted by molar-refractivity contribution is 5.73. The number of hydrogen-bond acceptors (Lipinski definition) is 6. The molecule has 0 amide bonds. The Morgan fingerprint density at radius 2 is 2.00 bits per heavy atom. The normalized spacial score (nSPS) is 16.5. The highest BCUT2D eigenvalue weighted by Gasteiger charge is 2.36. The Bertz CT molecular complexity index is 641. The number of rotatable bonds is 5. The summed E-state index contributed by atoms with van der Waals surface area (Å²) in [6.07, 6.45) is 3.31. The Kier molecular flexibility index (Phi) is 7.53. The van der Waals surface area contributed by atoms with Crippen LogP contribution < -0.4 is 0 Å². The number of hydrogen-bond donors (Lipinski definition) is 0. The van der Waals surface area contributed by atoms with Gasteiger partial charge in [0.15, 0.2) is 12.0 Å². The standard InChI is InChI=1S/C18H20N2O4/c1-3-23-17(22)15-6-8-16(9-7-15)18(12-19,13-20)10-4-5-11-24-14(2)21/h8,15H,3,6-7,9-11H2,1-2H3. The van der Waals surface area contributed by atoms with Crippen LogP contribution in [0, 0.1) is 45.8 Å². The fourth-order valence-corrected chi connectivity index (χ4v) is 2.44. The first-order valence-corrected chi connectivity index (χ1v) is 7.76. The van der Waals surface area contributed by atoms with E-state index < -0.39 is 11.4 Å². The monoisotopic (exact) mass is 328 g/mol. The minimum absolute atomic E-state index is 0.0389. The third kappa shape index (κ3) is 5.14. The summed E-state index contributed by atoms with van der Waals surface area (Å²) >= 11 is 0. The third-order valence-corrected chi connectivity index (χ3v) is 3.79. The highest BCUT2D eigenvalue weighted by atomic mass is 16.5. The molecule has 1 aliphatic rings. The Morgan fingerprint density at radius 3 is 2.50 bits per heavy atom. The van der Waals surface area contributed by atoms with Gasteiger partial charge in [0.25, 0.3) is 0 Å². The second kappa shape index (κ2) is 9.38. The zero-order valence-electron chi connectivity index (χ0n) is 13.9. The maximum atomic E-state index is 11.7. The first-order valence-electron chi connectivity index (χ1n) is 7.76. The number of nitrogens with zero attached hydrogens (tertiary/aromatic N) is 2. The van der Waals surface area contributed by atoms with Crippen molar-refractivity contribution >= 4 is 11.9 Å². The molecule has 6 nitrogen and oxygen atoms in total. The van der Waals surface area contributed by atoms with Crippen LogP contribution >= 0.6 is 0 Å². The summed E-state index contributed by atoms with van der Waals surface area (Å²) < 4.78 is 9.69. The summed E-state index contributed by atoms with van der Waals surface area (Å²) in [5.74, 6) is 4.46.